The number of nitrogens with two attached hydrogens (primary N) is 1. The van der Waals surface area contributed by atoms with E-state index in [4.69, 9.17) is 5.73 Å². The molecule has 0 aromatic heterocycles. The van der Waals surface area contributed by atoms with Crippen LogP contribution in [0.4, 0.5) is 5.69 Å². The van der Waals surface area contributed by atoms with Crippen LogP contribution in [0.25, 0.3) is 0 Å². The highest BCUT2D eigenvalue weighted by atomic mass is 127. The van der Waals surface area contributed by atoms with Gasteiger partial charge >= 0.3 is 0 Å². The summed E-state index contributed by atoms with van der Waals surface area (Å²) in [5.41, 5.74) is 9.80. The SMILES string of the molecule is Nc1ccc2c(c1)CN(C(=O)c1cccc(I)c1)CC2. The van der Waals surface area contributed by atoms with Gasteiger partial charge in [0.25, 0.3) is 5.91 Å². The molecule has 102 valence electrons. The molecule has 2 N–H and O–H groups in total. The van der Waals surface area contributed by atoms with Gasteiger partial charge in [-0.15, -0.1) is 0 Å². The maximum absolute atomic E-state index is 12.5. The van der Waals surface area contributed by atoms with Gasteiger partial charge in [-0.05, 0) is 70.5 Å². The molecule has 0 aliphatic carbocycles. The lowest BCUT2D eigenvalue weighted by Crippen LogP contribution is -2.36. The summed E-state index contributed by atoms with van der Waals surface area (Å²) in [6.45, 7) is 1.41. The predicted octanol–water partition coefficient (Wildman–Crippen LogP) is 3.07. The largest absolute Gasteiger partial charge is 0.399 e. The molecular formula is C16H15IN2O. The lowest BCUT2D eigenvalue weighted by Gasteiger charge is -2.29. The van der Waals surface area contributed by atoms with Crippen LogP contribution in [0.2, 0.25) is 0 Å². The molecular weight excluding hydrogens is 363 g/mol. The molecule has 1 aliphatic heterocycles. The Balaban J connectivity index is 1.84. The number of benzene rings is 2. The molecule has 0 atom stereocenters. The summed E-state index contributed by atoms with van der Waals surface area (Å²) >= 11 is 2.23. The van der Waals surface area contributed by atoms with Crippen molar-refractivity contribution in [3.8, 4) is 0 Å². The van der Waals surface area contributed by atoms with E-state index in [-0.39, 0.29) is 5.91 Å². The van der Waals surface area contributed by atoms with E-state index in [9.17, 15) is 4.79 Å². The molecule has 2 aromatic carbocycles. The summed E-state index contributed by atoms with van der Waals surface area (Å²) in [6.07, 6.45) is 0.894. The van der Waals surface area contributed by atoms with Gasteiger partial charge < -0.3 is 10.6 Å². The number of fused-ring (bicyclic) bond motifs is 1. The number of rotatable bonds is 1. The summed E-state index contributed by atoms with van der Waals surface area (Å²) in [7, 11) is 0. The first-order valence-electron chi connectivity index (χ1n) is 6.55. The second-order valence-electron chi connectivity index (χ2n) is 5.02. The second-order valence-corrected chi connectivity index (χ2v) is 6.26. The maximum atomic E-state index is 12.5. The second kappa shape index (κ2) is 5.44. The summed E-state index contributed by atoms with van der Waals surface area (Å²) < 4.78 is 1.08. The zero-order valence-electron chi connectivity index (χ0n) is 11.0. The molecule has 0 radical (unpaired) electrons. The van der Waals surface area contributed by atoms with Crippen molar-refractivity contribution in [3.05, 3.63) is 62.7 Å². The molecule has 1 aliphatic rings. The van der Waals surface area contributed by atoms with E-state index in [0.29, 0.717) is 6.54 Å². The third-order valence-corrected chi connectivity index (χ3v) is 4.27. The van der Waals surface area contributed by atoms with Gasteiger partial charge in [0.05, 0.1) is 0 Å². The fourth-order valence-corrected chi connectivity index (χ4v) is 3.10. The standard InChI is InChI=1S/C16H15IN2O/c17-14-3-1-2-12(8-14)16(20)19-7-6-11-4-5-15(18)9-13(11)10-19/h1-5,8-9H,6-7,10,18H2. The van der Waals surface area contributed by atoms with Crippen LogP contribution in [0.5, 0.6) is 0 Å². The Labute approximate surface area is 131 Å². The molecule has 1 heterocycles. The van der Waals surface area contributed by atoms with Crippen LogP contribution in [0.1, 0.15) is 21.5 Å². The summed E-state index contributed by atoms with van der Waals surface area (Å²) in [6, 6.07) is 13.7. The molecule has 1 amide bonds. The first-order chi connectivity index (χ1) is 9.63. The zero-order chi connectivity index (χ0) is 14.1. The maximum Gasteiger partial charge on any atom is 0.254 e. The van der Waals surface area contributed by atoms with Crippen LogP contribution in [0, 0.1) is 3.57 Å². The quantitative estimate of drug-likeness (QED) is 0.613. The van der Waals surface area contributed by atoms with Gasteiger partial charge in [-0.1, -0.05) is 12.1 Å². The molecule has 4 heteroatoms. The van der Waals surface area contributed by atoms with Crippen molar-refractivity contribution >= 4 is 34.2 Å². The molecule has 0 saturated heterocycles. The highest BCUT2D eigenvalue weighted by Crippen LogP contribution is 2.23. The number of hydrogen-bond acceptors (Lipinski definition) is 2. The normalized spacial score (nSPS) is 13.9. The number of nitrogens with zero attached hydrogens (tertiary/aromatic N) is 1. The van der Waals surface area contributed by atoms with Gasteiger partial charge in [0, 0.05) is 27.9 Å². The third-order valence-electron chi connectivity index (χ3n) is 3.60. The molecule has 0 spiro atoms. The highest BCUT2D eigenvalue weighted by Gasteiger charge is 2.21. The Hall–Kier alpha value is -1.56. The van der Waals surface area contributed by atoms with E-state index in [1.54, 1.807) is 0 Å². The topological polar surface area (TPSA) is 46.3 Å². The monoisotopic (exact) mass is 378 g/mol. The average molecular weight is 378 g/mol. The van der Waals surface area contributed by atoms with Crippen LogP contribution in [0.3, 0.4) is 0 Å². The Morgan fingerprint density at radius 2 is 2.00 bits per heavy atom. The van der Waals surface area contributed by atoms with Crippen molar-refractivity contribution in [2.45, 2.75) is 13.0 Å². The number of amides is 1. The minimum atomic E-state index is 0.0941. The Kier molecular flexibility index (Phi) is 3.65. The van der Waals surface area contributed by atoms with Crippen LogP contribution in [-0.4, -0.2) is 17.4 Å². The third kappa shape index (κ3) is 2.65. The molecule has 2 aromatic rings. The smallest absolute Gasteiger partial charge is 0.254 e. The van der Waals surface area contributed by atoms with Crippen molar-refractivity contribution < 1.29 is 4.79 Å². The van der Waals surface area contributed by atoms with E-state index in [0.717, 1.165) is 33.4 Å². The summed E-state index contributed by atoms with van der Waals surface area (Å²) in [4.78, 5) is 14.4. The van der Waals surface area contributed by atoms with Gasteiger partial charge in [-0.2, -0.15) is 0 Å². The van der Waals surface area contributed by atoms with E-state index >= 15 is 0 Å². The van der Waals surface area contributed by atoms with Gasteiger partial charge in [0.15, 0.2) is 0 Å². The van der Waals surface area contributed by atoms with Crippen molar-refractivity contribution in [2.24, 2.45) is 0 Å². The molecule has 3 nitrogen and oxygen atoms in total. The Morgan fingerprint density at radius 3 is 2.80 bits per heavy atom. The number of anilines is 1. The lowest BCUT2D eigenvalue weighted by molar-refractivity contribution is 0.0734. The molecule has 0 bridgehead atoms. The van der Waals surface area contributed by atoms with Gasteiger partial charge in [0.2, 0.25) is 0 Å². The van der Waals surface area contributed by atoms with Crippen LogP contribution >= 0.6 is 22.6 Å². The Morgan fingerprint density at radius 1 is 1.15 bits per heavy atom. The highest BCUT2D eigenvalue weighted by molar-refractivity contribution is 14.1. The summed E-state index contributed by atoms with van der Waals surface area (Å²) in [5.74, 6) is 0.0941. The number of hydrogen-bond donors (Lipinski definition) is 1. The fourth-order valence-electron chi connectivity index (χ4n) is 2.55. The minimum absolute atomic E-state index is 0.0941. The van der Waals surface area contributed by atoms with E-state index < -0.39 is 0 Å². The van der Waals surface area contributed by atoms with Crippen LogP contribution < -0.4 is 5.73 Å². The minimum Gasteiger partial charge on any atom is -0.399 e. The van der Waals surface area contributed by atoms with Crippen molar-refractivity contribution in [1.29, 1.82) is 0 Å². The van der Waals surface area contributed by atoms with Gasteiger partial charge in [-0.3, -0.25) is 4.79 Å². The molecule has 0 saturated carbocycles. The van der Waals surface area contributed by atoms with Gasteiger partial charge in [-0.25, -0.2) is 0 Å². The van der Waals surface area contributed by atoms with E-state index in [1.165, 1.54) is 5.56 Å². The first-order valence-corrected chi connectivity index (χ1v) is 7.63. The van der Waals surface area contributed by atoms with E-state index in [1.807, 2.05) is 41.3 Å². The Bertz CT molecular complexity index is 669. The molecule has 0 fully saturated rings. The first kappa shape index (κ1) is 13.4. The lowest BCUT2D eigenvalue weighted by atomic mass is 9.98. The number of nitrogen functional groups attached to an aromatic ring is 1. The zero-order valence-corrected chi connectivity index (χ0v) is 13.1. The van der Waals surface area contributed by atoms with Gasteiger partial charge in [0.1, 0.15) is 0 Å². The predicted molar refractivity (Wildman–Crippen MR) is 88.5 cm³/mol. The average Bonchev–Trinajstić information content (AvgIpc) is 2.45. The summed E-state index contributed by atoms with van der Waals surface area (Å²) in [5, 5.41) is 0. The van der Waals surface area contributed by atoms with Crippen molar-refractivity contribution in [1.82, 2.24) is 4.90 Å². The molecule has 20 heavy (non-hydrogen) atoms. The number of halogens is 1. The van der Waals surface area contributed by atoms with Crippen LogP contribution in [0.15, 0.2) is 42.5 Å². The fraction of sp³-hybridized carbons (Fsp3) is 0.188. The van der Waals surface area contributed by atoms with Crippen LogP contribution in [-0.2, 0) is 13.0 Å². The van der Waals surface area contributed by atoms with E-state index in [2.05, 4.69) is 28.7 Å². The van der Waals surface area contributed by atoms with Crippen molar-refractivity contribution in [2.75, 3.05) is 12.3 Å². The van der Waals surface area contributed by atoms with Crippen molar-refractivity contribution in [3.63, 3.8) is 0 Å². The molecule has 3 rings (SSSR count). The number of carbonyl (C=O) groups excluding carboxylic acids is 1. The number of carbonyl (C=O) groups is 1. The molecule has 0 unspecified atom stereocenters.